The van der Waals surface area contributed by atoms with Crippen LogP contribution in [0.4, 0.5) is 5.95 Å². The molecule has 3 aromatic rings. The summed E-state index contributed by atoms with van der Waals surface area (Å²) < 4.78 is 12.9. The number of nitrogens with one attached hydrogen (secondary N) is 1. The monoisotopic (exact) mass is 323 g/mol. The van der Waals surface area contributed by atoms with Crippen LogP contribution in [0.3, 0.4) is 0 Å². The summed E-state index contributed by atoms with van der Waals surface area (Å²) in [6.07, 6.45) is 0. The number of hydrogen-bond donors (Lipinski definition) is 1. The SMILES string of the molecule is C[C@H](Nc1nnnn1-c1ccccc1)c1ccc2c(c1)OCCO2. The second-order valence-electron chi connectivity index (χ2n) is 5.52. The lowest BCUT2D eigenvalue weighted by atomic mass is 10.1. The molecule has 0 radical (unpaired) electrons. The Hall–Kier alpha value is -3.09. The normalized spacial score (nSPS) is 14.2. The number of anilines is 1. The van der Waals surface area contributed by atoms with Crippen molar-refractivity contribution in [3.63, 3.8) is 0 Å². The van der Waals surface area contributed by atoms with Crippen molar-refractivity contribution in [2.45, 2.75) is 13.0 Å². The lowest BCUT2D eigenvalue weighted by Crippen LogP contribution is -2.16. The maximum Gasteiger partial charge on any atom is 0.248 e. The van der Waals surface area contributed by atoms with Gasteiger partial charge in [-0.25, -0.2) is 0 Å². The van der Waals surface area contributed by atoms with Crippen LogP contribution in [0.2, 0.25) is 0 Å². The number of rotatable bonds is 4. The van der Waals surface area contributed by atoms with Crippen LogP contribution in [0, 0.1) is 0 Å². The average molecular weight is 323 g/mol. The molecule has 7 nitrogen and oxygen atoms in total. The maximum absolute atomic E-state index is 5.64. The van der Waals surface area contributed by atoms with Gasteiger partial charge in [-0.1, -0.05) is 29.4 Å². The summed E-state index contributed by atoms with van der Waals surface area (Å²) in [7, 11) is 0. The third-order valence-electron chi connectivity index (χ3n) is 3.88. The predicted octanol–water partition coefficient (Wildman–Crippen LogP) is 2.61. The van der Waals surface area contributed by atoms with E-state index in [1.807, 2.05) is 48.5 Å². The molecule has 2 aromatic carbocycles. The minimum atomic E-state index is 0.00860. The van der Waals surface area contributed by atoms with Gasteiger partial charge in [-0.2, -0.15) is 4.68 Å². The number of aromatic nitrogens is 4. The van der Waals surface area contributed by atoms with Crippen molar-refractivity contribution in [2.24, 2.45) is 0 Å². The highest BCUT2D eigenvalue weighted by Gasteiger charge is 2.16. The Morgan fingerprint density at radius 3 is 2.67 bits per heavy atom. The van der Waals surface area contributed by atoms with Crippen molar-refractivity contribution >= 4 is 5.95 Å². The molecule has 0 aliphatic carbocycles. The molecule has 1 aliphatic rings. The standard InChI is InChI=1S/C17H17N5O2/c1-12(13-7-8-15-16(11-13)24-10-9-23-15)18-17-19-20-21-22(17)14-5-3-2-4-6-14/h2-8,11-12H,9-10H2,1H3,(H,18,19,21)/t12-/m0/s1. The van der Waals surface area contributed by atoms with E-state index in [-0.39, 0.29) is 6.04 Å². The number of nitrogens with zero attached hydrogens (tertiary/aromatic N) is 4. The molecule has 1 aliphatic heterocycles. The van der Waals surface area contributed by atoms with Gasteiger partial charge in [0.15, 0.2) is 11.5 Å². The first-order valence-corrected chi connectivity index (χ1v) is 7.81. The molecule has 0 saturated carbocycles. The van der Waals surface area contributed by atoms with E-state index in [0.717, 1.165) is 22.7 Å². The van der Waals surface area contributed by atoms with Crippen LogP contribution in [0.25, 0.3) is 5.69 Å². The quantitative estimate of drug-likeness (QED) is 0.795. The molecule has 0 amide bonds. The van der Waals surface area contributed by atoms with Crippen LogP contribution in [0.5, 0.6) is 11.5 Å². The molecule has 0 spiro atoms. The Balaban J connectivity index is 1.57. The molecule has 0 unspecified atom stereocenters. The van der Waals surface area contributed by atoms with Gasteiger partial charge in [0.2, 0.25) is 5.95 Å². The molecule has 0 fully saturated rings. The highest BCUT2D eigenvalue weighted by Crippen LogP contribution is 2.33. The smallest absolute Gasteiger partial charge is 0.248 e. The van der Waals surface area contributed by atoms with E-state index >= 15 is 0 Å². The zero-order chi connectivity index (χ0) is 16.4. The molecule has 2 heterocycles. The first-order chi connectivity index (χ1) is 11.8. The molecule has 4 rings (SSSR count). The van der Waals surface area contributed by atoms with E-state index in [2.05, 4.69) is 27.8 Å². The number of ether oxygens (including phenoxy) is 2. The van der Waals surface area contributed by atoms with Crippen LogP contribution in [0.1, 0.15) is 18.5 Å². The van der Waals surface area contributed by atoms with Gasteiger partial charge in [0.25, 0.3) is 0 Å². The topological polar surface area (TPSA) is 74.1 Å². The Bertz CT molecular complexity index is 834. The van der Waals surface area contributed by atoms with Crippen LogP contribution in [-0.4, -0.2) is 33.4 Å². The average Bonchev–Trinajstić information content (AvgIpc) is 3.10. The van der Waals surface area contributed by atoms with E-state index in [9.17, 15) is 0 Å². The summed E-state index contributed by atoms with van der Waals surface area (Å²) in [5, 5.41) is 15.2. The second kappa shape index (κ2) is 6.19. The summed E-state index contributed by atoms with van der Waals surface area (Å²) in [6.45, 7) is 3.21. The van der Waals surface area contributed by atoms with Crippen LogP contribution >= 0.6 is 0 Å². The Morgan fingerprint density at radius 1 is 1.04 bits per heavy atom. The van der Waals surface area contributed by atoms with Crippen molar-refractivity contribution in [1.29, 1.82) is 0 Å². The highest BCUT2D eigenvalue weighted by molar-refractivity contribution is 5.46. The number of fused-ring (bicyclic) bond motifs is 1. The van der Waals surface area contributed by atoms with Crippen molar-refractivity contribution in [1.82, 2.24) is 20.2 Å². The zero-order valence-electron chi connectivity index (χ0n) is 13.2. The highest BCUT2D eigenvalue weighted by atomic mass is 16.6. The van der Waals surface area contributed by atoms with Crippen molar-refractivity contribution in [2.75, 3.05) is 18.5 Å². The van der Waals surface area contributed by atoms with Crippen LogP contribution < -0.4 is 14.8 Å². The van der Waals surface area contributed by atoms with Crippen LogP contribution in [0.15, 0.2) is 48.5 Å². The summed E-state index contributed by atoms with van der Waals surface area (Å²) in [5.74, 6) is 2.14. The Labute approximate surface area is 139 Å². The van der Waals surface area contributed by atoms with Crippen LogP contribution in [-0.2, 0) is 0 Å². The predicted molar refractivity (Wildman–Crippen MR) is 88.6 cm³/mol. The molecule has 122 valence electrons. The lowest BCUT2D eigenvalue weighted by Gasteiger charge is -2.21. The molecular formula is C17H17N5O2. The third kappa shape index (κ3) is 2.76. The fraction of sp³-hybridized carbons (Fsp3) is 0.235. The molecule has 24 heavy (non-hydrogen) atoms. The summed E-state index contributed by atoms with van der Waals surface area (Å²) in [4.78, 5) is 0. The van der Waals surface area contributed by atoms with E-state index < -0.39 is 0 Å². The van der Waals surface area contributed by atoms with E-state index in [1.54, 1.807) is 4.68 Å². The summed E-state index contributed by atoms with van der Waals surface area (Å²) in [5.41, 5.74) is 1.97. The van der Waals surface area contributed by atoms with Gasteiger partial charge < -0.3 is 14.8 Å². The third-order valence-corrected chi connectivity index (χ3v) is 3.88. The van der Waals surface area contributed by atoms with E-state index in [0.29, 0.717) is 19.2 Å². The fourth-order valence-electron chi connectivity index (χ4n) is 2.63. The molecule has 1 N–H and O–H groups in total. The minimum absolute atomic E-state index is 0.00860. The maximum atomic E-state index is 5.64. The number of para-hydroxylation sites is 1. The van der Waals surface area contributed by atoms with Gasteiger partial charge in [-0.3, -0.25) is 0 Å². The van der Waals surface area contributed by atoms with Crippen molar-refractivity contribution in [3.8, 4) is 17.2 Å². The Morgan fingerprint density at radius 2 is 1.83 bits per heavy atom. The largest absolute Gasteiger partial charge is 0.486 e. The van der Waals surface area contributed by atoms with Crippen molar-refractivity contribution in [3.05, 3.63) is 54.1 Å². The minimum Gasteiger partial charge on any atom is -0.486 e. The number of benzene rings is 2. The van der Waals surface area contributed by atoms with Gasteiger partial charge in [-0.15, -0.1) is 0 Å². The Kier molecular flexibility index (Phi) is 3.74. The molecule has 0 saturated heterocycles. The van der Waals surface area contributed by atoms with Gasteiger partial charge in [0, 0.05) is 0 Å². The van der Waals surface area contributed by atoms with E-state index in [4.69, 9.17) is 9.47 Å². The summed E-state index contributed by atoms with van der Waals surface area (Å²) >= 11 is 0. The van der Waals surface area contributed by atoms with E-state index in [1.165, 1.54) is 0 Å². The van der Waals surface area contributed by atoms with Gasteiger partial charge in [-0.05, 0) is 47.2 Å². The second-order valence-corrected chi connectivity index (χ2v) is 5.52. The van der Waals surface area contributed by atoms with Gasteiger partial charge >= 0.3 is 0 Å². The molecular weight excluding hydrogens is 306 g/mol. The fourth-order valence-corrected chi connectivity index (χ4v) is 2.63. The molecule has 7 heteroatoms. The molecule has 1 aromatic heterocycles. The first-order valence-electron chi connectivity index (χ1n) is 7.81. The molecule has 0 bridgehead atoms. The van der Waals surface area contributed by atoms with Crippen molar-refractivity contribution < 1.29 is 9.47 Å². The van der Waals surface area contributed by atoms with Gasteiger partial charge in [0.05, 0.1) is 11.7 Å². The molecule has 1 atom stereocenters. The number of tetrazole rings is 1. The van der Waals surface area contributed by atoms with Gasteiger partial charge in [0.1, 0.15) is 13.2 Å². The summed E-state index contributed by atoms with van der Waals surface area (Å²) in [6, 6.07) is 15.7. The lowest BCUT2D eigenvalue weighted by molar-refractivity contribution is 0.171. The number of hydrogen-bond acceptors (Lipinski definition) is 6. The zero-order valence-corrected chi connectivity index (χ0v) is 13.2. The first kappa shape index (κ1) is 14.5.